The van der Waals surface area contributed by atoms with Gasteiger partial charge in [0.1, 0.15) is 54.4 Å². The molecule has 0 radical (unpaired) electrons. The van der Waals surface area contributed by atoms with Gasteiger partial charge in [0.25, 0.3) is 0 Å². The number of esters is 12. The second-order valence-electron chi connectivity index (χ2n) is 20.7. The molecule has 0 spiro atoms. The number of carbonyl (C=O) groups is 12. The zero-order chi connectivity index (χ0) is 67.3. The Morgan fingerprint density at radius 1 is 0.322 bits per heavy atom. The molecule has 3 aliphatic heterocycles. The Labute approximate surface area is 533 Å². The van der Waals surface area contributed by atoms with Crippen molar-refractivity contribution in [1.29, 1.82) is 0 Å². The van der Waals surface area contributed by atoms with Crippen LogP contribution in [0.5, 0.6) is 0 Å². The maximum absolute atomic E-state index is 12.4. The molecule has 0 aromatic heterocycles. The van der Waals surface area contributed by atoms with Gasteiger partial charge in [0.15, 0.2) is 54.9 Å². The largest absolute Gasteiger partial charge is 0.463 e. The highest BCUT2D eigenvalue weighted by Gasteiger charge is 2.55. The third kappa shape index (κ3) is 28.5. The summed E-state index contributed by atoms with van der Waals surface area (Å²) in [6.45, 7) is 11.6. The van der Waals surface area contributed by atoms with E-state index < -0.39 is 193 Å². The highest BCUT2D eigenvalue weighted by molar-refractivity contribution is 8.00. The smallest absolute Gasteiger partial charge is 0.303 e. The van der Waals surface area contributed by atoms with Crippen molar-refractivity contribution in [2.24, 2.45) is 5.41 Å². The molecule has 15 atom stereocenters. The zero-order valence-corrected chi connectivity index (χ0v) is 54.8. The summed E-state index contributed by atoms with van der Waals surface area (Å²) in [5, 5.41) is 11.1. The fourth-order valence-corrected chi connectivity index (χ4v) is 12.6. The van der Waals surface area contributed by atoms with E-state index in [1.807, 2.05) is 0 Å². The lowest BCUT2D eigenvalue weighted by Crippen LogP contribution is -2.61. The highest BCUT2D eigenvalue weighted by atomic mass is 32.2. The topological polar surface area (TPSA) is 391 Å². The van der Waals surface area contributed by atoms with Gasteiger partial charge < -0.3 is 90.4 Å². The second-order valence-corrected chi connectivity index (χ2v) is 24.3. The minimum absolute atomic E-state index is 0.0687. The van der Waals surface area contributed by atoms with Crippen molar-refractivity contribution >= 4 is 107 Å². The minimum atomic E-state index is -1.36. The number of carbonyl (C=O) groups excluding carboxylic acids is 12. The SMILES string of the molecule is CC(=O)OC[C@H]1O[C@@H](SCCCOCC(CO)(COCCCS[C@H]2O[C@H](COC(C)=O)[C@@H](OC(C)=O)[C@H](OC(C)=O)[C@@H]2OC(C)=O)COCCCS[C@H]2O[C@H](COC(C)=O)[C@@H](OC(C)=O)[C@H](OC(C)=O)[C@@H]2OC(C)=O)[C@H](OC(C)=O)[C@@H](OC(C)=O)[C@@H]1OC(C)=O. The molecule has 0 unspecified atom stereocenters. The maximum Gasteiger partial charge on any atom is 0.303 e. The number of hydrogen-bond acceptors (Lipinski definition) is 34. The van der Waals surface area contributed by atoms with Gasteiger partial charge in [0, 0.05) is 103 Å². The van der Waals surface area contributed by atoms with Crippen LogP contribution in [0.15, 0.2) is 0 Å². The molecule has 3 saturated heterocycles. The van der Waals surface area contributed by atoms with E-state index in [4.69, 9.17) is 85.3 Å². The number of aliphatic hydroxyl groups excluding tert-OH is 1. The summed E-state index contributed by atoms with van der Waals surface area (Å²) in [6.07, 6.45) is -14.5. The first-order valence-corrected chi connectivity index (χ1v) is 31.7. The van der Waals surface area contributed by atoms with E-state index in [9.17, 15) is 62.6 Å². The number of thioether (sulfide) groups is 3. The molecule has 3 aliphatic rings. The molecule has 3 rings (SSSR count). The predicted octanol–water partition coefficient (Wildman–Crippen LogP) is 1.63. The normalized spacial score (nSPS) is 26.4. The Balaban J connectivity index is 1.82. The third-order valence-corrected chi connectivity index (χ3v) is 16.2. The number of hydrogen-bond donors (Lipinski definition) is 1. The summed E-state index contributed by atoms with van der Waals surface area (Å²) in [5.41, 5.74) is -4.34. The average Bonchev–Trinajstić information content (AvgIpc) is 0.881. The van der Waals surface area contributed by atoms with Crippen molar-refractivity contribution in [3.05, 3.63) is 0 Å². The Hall–Kier alpha value is -5.59. The summed E-state index contributed by atoms with van der Waals surface area (Å²) in [4.78, 5) is 146. The van der Waals surface area contributed by atoms with Crippen LogP contribution in [0.2, 0.25) is 0 Å². The molecule has 512 valence electrons. The van der Waals surface area contributed by atoms with Crippen LogP contribution in [0.3, 0.4) is 0 Å². The van der Waals surface area contributed by atoms with Gasteiger partial charge >= 0.3 is 71.6 Å². The lowest BCUT2D eigenvalue weighted by Gasteiger charge is -2.44. The van der Waals surface area contributed by atoms with E-state index in [2.05, 4.69) is 0 Å². The summed E-state index contributed by atoms with van der Waals surface area (Å²) < 4.78 is 102. The van der Waals surface area contributed by atoms with Gasteiger partial charge in [-0.2, -0.15) is 0 Å². The monoisotopic (exact) mass is 1350 g/mol. The number of aliphatic hydroxyl groups is 1. The molecule has 0 saturated carbocycles. The Morgan fingerprint density at radius 3 is 0.733 bits per heavy atom. The van der Waals surface area contributed by atoms with Gasteiger partial charge in [0.2, 0.25) is 0 Å². The fraction of sp³-hybridized carbons (Fsp3) is 0.786. The Kier molecular flexibility index (Phi) is 35.3. The van der Waals surface area contributed by atoms with E-state index in [1.54, 1.807) is 0 Å². The van der Waals surface area contributed by atoms with Gasteiger partial charge in [-0.1, -0.05) is 0 Å². The van der Waals surface area contributed by atoms with E-state index in [-0.39, 0.29) is 56.9 Å². The quantitative estimate of drug-likeness (QED) is 0.0525. The first-order chi connectivity index (χ1) is 42.4. The van der Waals surface area contributed by atoms with Crippen LogP contribution in [-0.2, 0) is 143 Å². The Bertz CT molecular complexity index is 2140. The van der Waals surface area contributed by atoms with Crippen molar-refractivity contribution in [3.8, 4) is 0 Å². The number of rotatable bonds is 37. The highest BCUT2D eigenvalue weighted by Crippen LogP contribution is 2.38. The van der Waals surface area contributed by atoms with Crippen molar-refractivity contribution in [1.82, 2.24) is 0 Å². The summed E-state index contributed by atoms with van der Waals surface area (Å²) in [6, 6.07) is 0. The minimum Gasteiger partial charge on any atom is -0.463 e. The summed E-state index contributed by atoms with van der Waals surface area (Å²) >= 11 is 3.43. The van der Waals surface area contributed by atoms with Gasteiger partial charge in [-0.3, -0.25) is 57.5 Å². The van der Waals surface area contributed by atoms with Crippen LogP contribution >= 0.6 is 35.3 Å². The molecule has 34 heteroatoms. The lowest BCUT2D eigenvalue weighted by molar-refractivity contribution is -0.237. The molecule has 1 N–H and O–H groups in total. The molecule has 0 aliphatic carbocycles. The molecule has 0 bridgehead atoms. The van der Waals surface area contributed by atoms with Crippen LogP contribution in [0.1, 0.15) is 102 Å². The second kappa shape index (κ2) is 40.4. The predicted molar refractivity (Wildman–Crippen MR) is 309 cm³/mol. The molecule has 31 nitrogen and oxygen atoms in total. The van der Waals surface area contributed by atoms with Crippen molar-refractivity contribution in [2.45, 2.75) is 192 Å². The summed E-state index contributed by atoms with van der Waals surface area (Å²) in [5.74, 6) is -8.22. The van der Waals surface area contributed by atoms with Crippen molar-refractivity contribution < 1.29 is 148 Å². The zero-order valence-electron chi connectivity index (χ0n) is 52.4. The van der Waals surface area contributed by atoms with Gasteiger partial charge in [0.05, 0.1) is 31.8 Å². The number of ether oxygens (including phenoxy) is 18. The van der Waals surface area contributed by atoms with Crippen molar-refractivity contribution in [3.63, 3.8) is 0 Å². The Morgan fingerprint density at radius 2 is 0.533 bits per heavy atom. The van der Waals surface area contributed by atoms with Crippen LogP contribution in [0.25, 0.3) is 0 Å². The average molecular weight is 1350 g/mol. The van der Waals surface area contributed by atoms with Crippen LogP contribution in [-0.4, -0.2) is 250 Å². The first-order valence-electron chi connectivity index (χ1n) is 28.6. The van der Waals surface area contributed by atoms with Crippen LogP contribution < -0.4 is 0 Å². The van der Waals surface area contributed by atoms with Gasteiger partial charge in [-0.15, -0.1) is 35.3 Å². The van der Waals surface area contributed by atoms with Crippen LogP contribution in [0, 0.1) is 5.41 Å². The molecule has 0 aromatic rings. The van der Waals surface area contributed by atoms with Gasteiger partial charge in [-0.25, -0.2) is 0 Å². The summed E-state index contributed by atoms with van der Waals surface area (Å²) in [7, 11) is 0. The molecule has 90 heavy (non-hydrogen) atoms. The van der Waals surface area contributed by atoms with E-state index in [0.29, 0.717) is 19.3 Å². The van der Waals surface area contributed by atoms with Crippen molar-refractivity contribution in [2.75, 3.05) is 83.3 Å². The standard InChI is InChI=1S/C56H84O31S3/c1-29(58)73-22-41-44(76-32(4)61)47(79-35(7)64)50(82-38(10)67)53(85-41)88-19-13-16-70-26-56(25-57,27-71-17-14-20-89-54-51(83-39(11)68)48(80-36(8)65)45(77-33(5)62)42(86-54)23-74-30(2)59)28-72-18-15-21-90-55-52(84-40(12)69)49(81-37(9)66)46(78-34(6)63)43(87-55)24-75-31(3)60/h41-55,57H,13-28H2,1-12H3/t41-,42-,43-,44-,45-,46-,47+,48+,49+,50-,51+,52+,53+,54-,55-/m1/s1. The van der Waals surface area contributed by atoms with Crippen LogP contribution in [0.4, 0.5) is 0 Å². The molecule has 0 aromatic carbocycles. The van der Waals surface area contributed by atoms with E-state index in [0.717, 1.165) is 118 Å². The molecular formula is C56H84O31S3. The first kappa shape index (κ1) is 78.7. The van der Waals surface area contributed by atoms with Gasteiger partial charge in [-0.05, 0) is 36.5 Å². The fourth-order valence-electron chi connectivity index (χ4n) is 9.18. The maximum atomic E-state index is 12.4. The molecular weight excluding hydrogens is 1260 g/mol. The van der Waals surface area contributed by atoms with E-state index in [1.165, 1.54) is 0 Å². The lowest BCUT2D eigenvalue weighted by atomic mass is 9.92. The molecule has 3 fully saturated rings. The van der Waals surface area contributed by atoms with E-state index >= 15 is 0 Å². The molecule has 3 heterocycles. The molecule has 0 amide bonds. The third-order valence-electron chi connectivity index (χ3n) is 12.6.